The Kier molecular flexibility index (Phi) is 4.78. The van der Waals surface area contributed by atoms with Gasteiger partial charge in [-0.2, -0.15) is 21.0 Å². The van der Waals surface area contributed by atoms with Crippen LogP contribution in [0, 0.1) is 45.3 Å². The fourth-order valence-corrected chi connectivity index (χ4v) is 2.66. The molecule has 0 fully saturated rings. The van der Waals surface area contributed by atoms with Gasteiger partial charge in [-0.05, 0) is 11.1 Å². The van der Waals surface area contributed by atoms with Crippen LogP contribution in [0.25, 0.3) is 11.1 Å². The van der Waals surface area contributed by atoms with Gasteiger partial charge in [0.25, 0.3) is 0 Å². The minimum atomic E-state index is -1.89. The van der Waals surface area contributed by atoms with E-state index < -0.39 is 9.75 Å². The van der Waals surface area contributed by atoms with Gasteiger partial charge >= 0.3 is 0 Å². The first-order chi connectivity index (χ1) is 11.5. The lowest BCUT2D eigenvalue weighted by Gasteiger charge is -2.20. The number of hydrogen-bond donors (Lipinski definition) is 0. The molecule has 0 bridgehead atoms. The van der Waals surface area contributed by atoms with Gasteiger partial charge in [0.2, 0.25) is 9.75 Å². The molecule has 0 saturated carbocycles. The van der Waals surface area contributed by atoms with Crippen molar-refractivity contribution in [2.75, 3.05) is 0 Å². The maximum Gasteiger partial charge on any atom is 0.241 e. The van der Waals surface area contributed by atoms with E-state index in [-0.39, 0.29) is 11.1 Å². The first kappa shape index (κ1) is 17.3. The van der Waals surface area contributed by atoms with E-state index in [2.05, 4.69) is 0 Å². The quantitative estimate of drug-likeness (QED) is 0.770. The van der Waals surface area contributed by atoms with Crippen molar-refractivity contribution in [3.63, 3.8) is 0 Å². The van der Waals surface area contributed by atoms with Crippen LogP contribution >= 0.6 is 23.2 Å². The predicted molar refractivity (Wildman–Crippen MR) is 89.4 cm³/mol. The van der Waals surface area contributed by atoms with Crippen LogP contribution in [0.15, 0.2) is 48.5 Å². The Hall–Kier alpha value is -3.02. The van der Waals surface area contributed by atoms with E-state index in [0.29, 0.717) is 11.1 Å². The van der Waals surface area contributed by atoms with E-state index in [1.807, 2.05) is 0 Å². The summed E-state index contributed by atoms with van der Waals surface area (Å²) in [4.78, 5) is -3.78. The average molecular weight is 351 g/mol. The van der Waals surface area contributed by atoms with E-state index >= 15 is 0 Å². The highest BCUT2D eigenvalue weighted by atomic mass is 35.5. The number of rotatable bonds is 3. The molecule has 0 saturated heterocycles. The number of hydrogen-bond acceptors (Lipinski definition) is 4. The van der Waals surface area contributed by atoms with Crippen molar-refractivity contribution in [2.24, 2.45) is 0 Å². The third-order valence-electron chi connectivity index (χ3n) is 3.50. The van der Waals surface area contributed by atoms with E-state index in [4.69, 9.17) is 23.2 Å². The molecular formula is C18H8Cl2N4. The Morgan fingerprint density at radius 3 is 1.17 bits per heavy atom. The molecule has 0 amide bonds. The summed E-state index contributed by atoms with van der Waals surface area (Å²) in [6.07, 6.45) is 0. The zero-order chi connectivity index (χ0) is 17.8. The topological polar surface area (TPSA) is 95.2 Å². The Morgan fingerprint density at radius 2 is 0.875 bits per heavy atom. The second-order valence-corrected chi connectivity index (χ2v) is 5.99. The smallest absolute Gasteiger partial charge is 0.195 e. The van der Waals surface area contributed by atoms with E-state index in [1.54, 1.807) is 72.8 Å². The van der Waals surface area contributed by atoms with Gasteiger partial charge in [0.1, 0.15) is 24.3 Å². The normalized spacial score (nSPS) is 10.8. The van der Waals surface area contributed by atoms with Crippen LogP contribution in [-0.4, -0.2) is 0 Å². The van der Waals surface area contributed by atoms with E-state index in [1.165, 1.54) is 0 Å². The summed E-state index contributed by atoms with van der Waals surface area (Å²) in [5, 5.41) is 37.2. The molecule has 4 nitrogen and oxygen atoms in total. The molecule has 2 aromatic rings. The SMILES string of the molecule is N#CC(Cl)(C#N)c1ccccc1-c1ccccc1C(Cl)(C#N)C#N. The summed E-state index contributed by atoms with van der Waals surface area (Å²) in [5.74, 6) is 0. The lowest BCUT2D eigenvalue weighted by Crippen LogP contribution is -2.17. The van der Waals surface area contributed by atoms with Crippen LogP contribution in [-0.2, 0) is 9.75 Å². The van der Waals surface area contributed by atoms with Crippen molar-refractivity contribution in [1.82, 2.24) is 0 Å². The molecule has 114 valence electrons. The van der Waals surface area contributed by atoms with Crippen LogP contribution < -0.4 is 0 Å². The zero-order valence-corrected chi connectivity index (χ0v) is 13.7. The first-order valence-electron chi connectivity index (χ1n) is 6.68. The van der Waals surface area contributed by atoms with Gasteiger partial charge in [-0.25, -0.2) is 0 Å². The summed E-state index contributed by atoms with van der Waals surface area (Å²) in [6.45, 7) is 0. The minimum Gasteiger partial charge on any atom is -0.195 e. The van der Waals surface area contributed by atoms with E-state index in [0.717, 1.165) is 0 Å². The van der Waals surface area contributed by atoms with Crippen LogP contribution in [0.5, 0.6) is 0 Å². The summed E-state index contributed by atoms with van der Waals surface area (Å²) >= 11 is 12.3. The van der Waals surface area contributed by atoms with Crippen molar-refractivity contribution in [2.45, 2.75) is 9.75 Å². The molecule has 6 heteroatoms. The molecule has 0 radical (unpaired) electrons. The molecule has 0 aliphatic rings. The van der Waals surface area contributed by atoms with Crippen molar-refractivity contribution < 1.29 is 0 Å². The predicted octanol–water partition coefficient (Wildman–Crippen LogP) is 4.32. The van der Waals surface area contributed by atoms with Crippen molar-refractivity contribution in [1.29, 1.82) is 21.0 Å². The van der Waals surface area contributed by atoms with Crippen molar-refractivity contribution in [3.8, 4) is 35.4 Å². The molecule has 0 unspecified atom stereocenters. The Labute approximate surface area is 149 Å². The molecular weight excluding hydrogens is 343 g/mol. The Morgan fingerprint density at radius 1 is 0.583 bits per heavy atom. The highest BCUT2D eigenvalue weighted by Gasteiger charge is 2.36. The molecule has 0 heterocycles. The van der Waals surface area contributed by atoms with Gasteiger partial charge in [-0.15, -0.1) is 0 Å². The second kappa shape index (κ2) is 6.62. The molecule has 0 N–H and O–H groups in total. The Balaban J connectivity index is 2.84. The van der Waals surface area contributed by atoms with Gasteiger partial charge in [-0.1, -0.05) is 71.7 Å². The molecule has 2 rings (SSSR count). The zero-order valence-electron chi connectivity index (χ0n) is 12.2. The second-order valence-electron chi connectivity index (χ2n) is 4.86. The minimum absolute atomic E-state index is 0.263. The van der Waals surface area contributed by atoms with Crippen LogP contribution in [0.2, 0.25) is 0 Å². The highest BCUT2D eigenvalue weighted by Crippen LogP contribution is 2.41. The van der Waals surface area contributed by atoms with Crippen molar-refractivity contribution >= 4 is 23.2 Å². The number of nitrogens with zero attached hydrogens (tertiary/aromatic N) is 4. The summed E-state index contributed by atoms with van der Waals surface area (Å²) in [7, 11) is 0. The maximum absolute atomic E-state index is 9.30. The molecule has 0 spiro atoms. The third kappa shape index (κ3) is 2.78. The summed E-state index contributed by atoms with van der Waals surface area (Å²) in [6, 6.07) is 20.3. The molecule has 0 aliphatic carbocycles. The molecule has 24 heavy (non-hydrogen) atoms. The standard InChI is InChI=1S/C18H8Cl2N4/c19-17(9-21,10-22)15-7-3-1-5-13(15)14-6-2-4-8-16(14)18(20,11-23)12-24/h1-8H. The van der Waals surface area contributed by atoms with E-state index in [9.17, 15) is 21.0 Å². The fraction of sp³-hybridized carbons (Fsp3) is 0.111. The van der Waals surface area contributed by atoms with Gasteiger partial charge < -0.3 is 0 Å². The van der Waals surface area contributed by atoms with Crippen molar-refractivity contribution in [3.05, 3.63) is 59.7 Å². The maximum atomic E-state index is 9.30. The van der Waals surface area contributed by atoms with Crippen LogP contribution in [0.3, 0.4) is 0 Å². The number of nitriles is 4. The van der Waals surface area contributed by atoms with Gasteiger partial charge in [0.05, 0.1) is 0 Å². The van der Waals surface area contributed by atoms with Crippen LogP contribution in [0.1, 0.15) is 11.1 Å². The Bertz CT molecular complexity index is 847. The summed E-state index contributed by atoms with van der Waals surface area (Å²) in [5.41, 5.74) is 1.45. The van der Waals surface area contributed by atoms with Gasteiger partial charge in [0.15, 0.2) is 0 Å². The molecule has 0 aromatic heterocycles. The van der Waals surface area contributed by atoms with Gasteiger partial charge in [-0.3, -0.25) is 0 Å². The first-order valence-corrected chi connectivity index (χ1v) is 7.43. The average Bonchev–Trinajstić information content (AvgIpc) is 2.66. The fourth-order valence-electron chi connectivity index (χ4n) is 2.33. The highest BCUT2D eigenvalue weighted by molar-refractivity contribution is 6.29. The molecule has 0 atom stereocenters. The van der Waals surface area contributed by atoms with Gasteiger partial charge in [0, 0.05) is 11.1 Å². The monoisotopic (exact) mass is 350 g/mol. The third-order valence-corrected chi connectivity index (χ3v) is 4.25. The number of halogens is 2. The number of benzene rings is 2. The summed E-state index contributed by atoms with van der Waals surface area (Å²) < 4.78 is 0. The number of alkyl halides is 2. The largest absolute Gasteiger partial charge is 0.241 e. The molecule has 2 aromatic carbocycles. The molecule has 0 aliphatic heterocycles. The van der Waals surface area contributed by atoms with Crippen LogP contribution in [0.4, 0.5) is 0 Å². The lowest BCUT2D eigenvalue weighted by molar-refractivity contribution is 0.987. The lowest BCUT2D eigenvalue weighted by atomic mass is 9.86.